The molecule has 1 atom stereocenters. The molecule has 1 aliphatic heterocycles. The number of nitrogens with zero attached hydrogens (tertiary/aromatic N) is 2. The number of halogens is 1. The van der Waals surface area contributed by atoms with E-state index in [0.717, 1.165) is 9.35 Å². The standard InChI is InChI=1S/C16H18BrN3O3S2/c17-14-5-6-15(24-14)25(22,23)20-8-2-4-13(11-20)16(21)19-10-12-3-1-7-18-9-12/h1,3,5-7,9,13H,2,4,8,10-11H2,(H,19,21)/t13-/m0/s1. The third kappa shape index (κ3) is 4.46. The molecule has 0 bridgehead atoms. The van der Waals surface area contributed by atoms with Crippen molar-refractivity contribution in [2.24, 2.45) is 5.92 Å². The predicted octanol–water partition coefficient (Wildman–Crippen LogP) is 2.62. The molecule has 1 aliphatic rings. The zero-order valence-corrected chi connectivity index (χ0v) is 16.6. The lowest BCUT2D eigenvalue weighted by Crippen LogP contribution is -2.45. The summed E-state index contributed by atoms with van der Waals surface area (Å²) in [6.07, 6.45) is 4.75. The molecule has 25 heavy (non-hydrogen) atoms. The third-order valence-corrected chi connectivity index (χ3v) is 8.04. The van der Waals surface area contributed by atoms with Gasteiger partial charge in [-0.25, -0.2) is 8.42 Å². The molecular weight excluding hydrogens is 426 g/mol. The molecule has 0 aliphatic carbocycles. The van der Waals surface area contributed by atoms with Gasteiger partial charge in [0.2, 0.25) is 5.91 Å². The summed E-state index contributed by atoms with van der Waals surface area (Å²) in [5.41, 5.74) is 0.916. The largest absolute Gasteiger partial charge is 0.352 e. The van der Waals surface area contributed by atoms with Crippen molar-refractivity contribution in [3.8, 4) is 0 Å². The van der Waals surface area contributed by atoms with Gasteiger partial charge < -0.3 is 5.32 Å². The van der Waals surface area contributed by atoms with Crippen LogP contribution in [-0.4, -0.2) is 36.7 Å². The van der Waals surface area contributed by atoms with E-state index in [1.165, 1.54) is 15.6 Å². The van der Waals surface area contributed by atoms with E-state index in [0.29, 0.717) is 30.1 Å². The van der Waals surface area contributed by atoms with E-state index in [1.54, 1.807) is 24.5 Å². The fourth-order valence-electron chi connectivity index (χ4n) is 2.77. The molecule has 2 aromatic rings. The molecule has 1 N–H and O–H groups in total. The maximum Gasteiger partial charge on any atom is 0.252 e. The number of piperidine rings is 1. The molecule has 0 spiro atoms. The van der Waals surface area contributed by atoms with Gasteiger partial charge in [0.1, 0.15) is 4.21 Å². The van der Waals surface area contributed by atoms with Crippen LogP contribution in [0.3, 0.4) is 0 Å². The zero-order valence-electron chi connectivity index (χ0n) is 13.4. The van der Waals surface area contributed by atoms with Crippen LogP contribution < -0.4 is 5.32 Å². The molecule has 1 fully saturated rings. The van der Waals surface area contributed by atoms with E-state index >= 15 is 0 Å². The predicted molar refractivity (Wildman–Crippen MR) is 99.6 cm³/mol. The van der Waals surface area contributed by atoms with Crippen molar-refractivity contribution in [2.45, 2.75) is 23.6 Å². The summed E-state index contributed by atoms with van der Waals surface area (Å²) in [6, 6.07) is 7.02. The summed E-state index contributed by atoms with van der Waals surface area (Å²) in [5, 5.41) is 2.88. The first-order chi connectivity index (χ1) is 12.0. The summed E-state index contributed by atoms with van der Waals surface area (Å²) in [6.45, 7) is 1.06. The Morgan fingerprint density at radius 3 is 2.92 bits per heavy atom. The normalized spacial score (nSPS) is 18.8. The summed E-state index contributed by atoms with van der Waals surface area (Å²) in [7, 11) is -3.54. The van der Waals surface area contributed by atoms with Crippen LogP contribution in [0.1, 0.15) is 18.4 Å². The summed E-state index contributed by atoms with van der Waals surface area (Å²) >= 11 is 4.48. The third-order valence-electron chi connectivity index (χ3n) is 4.09. The van der Waals surface area contributed by atoms with Crippen molar-refractivity contribution in [1.29, 1.82) is 0 Å². The van der Waals surface area contributed by atoms with E-state index in [2.05, 4.69) is 26.2 Å². The monoisotopic (exact) mass is 443 g/mol. The van der Waals surface area contributed by atoms with Gasteiger partial charge in [0.05, 0.1) is 9.70 Å². The highest BCUT2D eigenvalue weighted by molar-refractivity contribution is 9.11. The summed E-state index contributed by atoms with van der Waals surface area (Å²) in [5.74, 6) is -0.445. The minimum absolute atomic E-state index is 0.115. The van der Waals surface area contributed by atoms with Crippen molar-refractivity contribution in [1.82, 2.24) is 14.6 Å². The van der Waals surface area contributed by atoms with E-state index < -0.39 is 10.0 Å². The molecule has 0 aromatic carbocycles. The first-order valence-corrected chi connectivity index (χ1v) is 10.9. The van der Waals surface area contributed by atoms with Gasteiger partial charge in [0, 0.05) is 32.0 Å². The molecule has 134 valence electrons. The number of pyridine rings is 1. The number of carbonyl (C=O) groups is 1. The van der Waals surface area contributed by atoms with Crippen molar-refractivity contribution >= 4 is 43.2 Å². The maximum absolute atomic E-state index is 12.7. The quantitative estimate of drug-likeness (QED) is 0.769. The Hall–Kier alpha value is -1.29. The molecule has 9 heteroatoms. The number of thiophene rings is 1. The summed E-state index contributed by atoms with van der Waals surface area (Å²) in [4.78, 5) is 16.4. The summed E-state index contributed by atoms with van der Waals surface area (Å²) < 4.78 is 27.9. The van der Waals surface area contributed by atoms with E-state index in [-0.39, 0.29) is 18.4 Å². The van der Waals surface area contributed by atoms with Crippen molar-refractivity contribution < 1.29 is 13.2 Å². The molecule has 6 nitrogen and oxygen atoms in total. The number of carbonyl (C=O) groups excluding carboxylic acids is 1. The Labute approximate surface area is 159 Å². The number of hydrogen-bond acceptors (Lipinski definition) is 5. The van der Waals surface area contributed by atoms with Crippen LogP contribution in [0, 0.1) is 5.92 Å². The molecule has 1 saturated heterocycles. The fraction of sp³-hybridized carbons (Fsp3) is 0.375. The second-order valence-corrected chi connectivity index (χ2v) is 10.5. The Balaban J connectivity index is 1.63. The Kier molecular flexibility index (Phi) is 5.88. The first-order valence-electron chi connectivity index (χ1n) is 7.89. The van der Waals surface area contributed by atoms with Gasteiger partial charge in [-0.15, -0.1) is 11.3 Å². The molecule has 0 saturated carbocycles. The second kappa shape index (κ2) is 7.94. The van der Waals surface area contributed by atoms with E-state index in [9.17, 15) is 13.2 Å². The van der Waals surface area contributed by atoms with Gasteiger partial charge in [0.15, 0.2) is 0 Å². The van der Waals surface area contributed by atoms with Gasteiger partial charge in [-0.1, -0.05) is 6.07 Å². The van der Waals surface area contributed by atoms with Crippen LogP contribution in [0.25, 0.3) is 0 Å². The molecule has 3 rings (SSSR count). The Morgan fingerprint density at radius 2 is 2.24 bits per heavy atom. The number of nitrogens with one attached hydrogen (secondary N) is 1. The molecule has 3 heterocycles. The van der Waals surface area contributed by atoms with Crippen LogP contribution in [0.5, 0.6) is 0 Å². The Bertz CT molecular complexity index is 839. The number of aromatic nitrogens is 1. The second-order valence-electron chi connectivity index (χ2n) is 5.84. The van der Waals surface area contributed by atoms with Gasteiger partial charge in [-0.05, 0) is 52.5 Å². The minimum atomic E-state index is -3.54. The van der Waals surface area contributed by atoms with Crippen molar-refractivity contribution in [2.75, 3.05) is 13.1 Å². The highest BCUT2D eigenvalue weighted by atomic mass is 79.9. The molecular formula is C16H18BrN3O3S2. The number of hydrogen-bond donors (Lipinski definition) is 1. The van der Waals surface area contributed by atoms with Crippen molar-refractivity contribution in [3.05, 3.63) is 46.0 Å². The average molecular weight is 444 g/mol. The van der Waals surface area contributed by atoms with Crippen LogP contribution in [0.4, 0.5) is 0 Å². The topological polar surface area (TPSA) is 79.4 Å². The zero-order chi connectivity index (χ0) is 17.9. The molecule has 0 unspecified atom stereocenters. The molecule has 1 amide bonds. The van der Waals surface area contributed by atoms with E-state index in [1.807, 2.05) is 12.1 Å². The van der Waals surface area contributed by atoms with Gasteiger partial charge in [-0.2, -0.15) is 4.31 Å². The maximum atomic E-state index is 12.7. The highest BCUT2D eigenvalue weighted by Crippen LogP contribution is 2.30. The minimum Gasteiger partial charge on any atom is -0.352 e. The number of rotatable bonds is 5. The van der Waals surface area contributed by atoms with E-state index in [4.69, 9.17) is 0 Å². The lowest BCUT2D eigenvalue weighted by Gasteiger charge is -2.30. The van der Waals surface area contributed by atoms with Gasteiger partial charge in [-0.3, -0.25) is 9.78 Å². The average Bonchev–Trinajstić information content (AvgIpc) is 3.08. The number of amides is 1. The van der Waals surface area contributed by atoms with Crippen LogP contribution in [0.15, 0.2) is 44.7 Å². The van der Waals surface area contributed by atoms with Crippen LogP contribution >= 0.6 is 27.3 Å². The van der Waals surface area contributed by atoms with Crippen LogP contribution in [0.2, 0.25) is 0 Å². The first kappa shape index (κ1) is 18.5. The highest BCUT2D eigenvalue weighted by Gasteiger charge is 2.33. The van der Waals surface area contributed by atoms with Gasteiger partial charge >= 0.3 is 0 Å². The lowest BCUT2D eigenvalue weighted by atomic mass is 9.99. The number of sulfonamides is 1. The SMILES string of the molecule is O=C(NCc1cccnc1)[C@H]1CCCN(S(=O)(=O)c2ccc(Br)s2)C1. The van der Waals surface area contributed by atoms with Crippen LogP contribution in [-0.2, 0) is 21.4 Å². The molecule has 2 aromatic heterocycles. The van der Waals surface area contributed by atoms with Crippen molar-refractivity contribution in [3.63, 3.8) is 0 Å². The lowest BCUT2D eigenvalue weighted by molar-refractivity contribution is -0.126. The fourth-order valence-corrected chi connectivity index (χ4v) is 6.46. The van der Waals surface area contributed by atoms with Gasteiger partial charge in [0.25, 0.3) is 10.0 Å². The molecule has 0 radical (unpaired) electrons. The Morgan fingerprint density at radius 1 is 1.40 bits per heavy atom. The smallest absolute Gasteiger partial charge is 0.252 e.